The van der Waals surface area contributed by atoms with E-state index in [0.717, 1.165) is 0 Å². The molecule has 8 nitrogen and oxygen atoms in total. The molecule has 136 valence electrons. The number of hydrogen-bond acceptors (Lipinski definition) is 6. The fourth-order valence-electron chi connectivity index (χ4n) is 2.74. The second kappa shape index (κ2) is 7.81. The van der Waals surface area contributed by atoms with Crippen molar-refractivity contribution in [1.82, 2.24) is 19.8 Å². The maximum Gasteiger partial charge on any atom is 0.274 e. The number of amides is 2. The second-order valence-electron chi connectivity index (χ2n) is 5.96. The molecule has 8 heteroatoms. The number of aromatic hydroxyl groups is 1. The van der Waals surface area contributed by atoms with Crippen LogP contribution < -0.4 is 4.74 Å². The smallest absolute Gasteiger partial charge is 0.274 e. The van der Waals surface area contributed by atoms with Gasteiger partial charge in [-0.25, -0.2) is 4.98 Å². The minimum atomic E-state index is -0.651. The molecule has 0 aliphatic carbocycles. The minimum absolute atomic E-state index is 0.135. The Morgan fingerprint density at radius 2 is 1.73 bits per heavy atom. The molecule has 1 fully saturated rings. The van der Waals surface area contributed by atoms with Gasteiger partial charge in [-0.1, -0.05) is 0 Å². The Labute approximate surface area is 151 Å². The number of aromatic nitrogens is 2. The van der Waals surface area contributed by atoms with Gasteiger partial charge in [-0.2, -0.15) is 0 Å². The van der Waals surface area contributed by atoms with Gasteiger partial charge in [-0.3, -0.25) is 14.6 Å². The molecule has 1 unspecified atom stereocenters. The van der Waals surface area contributed by atoms with E-state index in [2.05, 4.69) is 9.97 Å². The summed E-state index contributed by atoms with van der Waals surface area (Å²) in [5.41, 5.74) is 0.302. The van der Waals surface area contributed by atoms with E-state index in [1.807, 2.05) is 0 Å². The van der Waals surface area contributed by atoms with Gasteiger partial charge < -0.3 is 19.6 Å². The fraction of sp³-hybridized carbons (Fsp3) is 0.333. The Kier molecular flexibility index (Phi) is 5.31. The Hall–Kier alpha value is -3.16. The SMILES string of the molecule is CC(Oc1ccc(O)cc1)C(=O)N1CCN(C(=O)c2cnccn2)CC1. The molecule has 26 heavy (non-hydrogen) atoms. The molecular formula is C18H20N4O4. The van der Waals surface area contributed by atoms with Crippen LogP contribution in [0, 0.1) is 0 Å². The van der Waals surface area contributed by atoms with E-state index in [1.54, 1.807) is 28.9 Å². The number of benzene rings is 1. The molecule has 1 aromatic heterocycles. The summed E-state index contributed by atoms with van der Waals surface area (Å²) in [6, 6.07) is 6.22. The molecule has 1 aliphatic heterocycles. The van der Waals surface area contributed by atoms with Gasteiger partial charge in [0, 0.05) is 38.6 Å². The Morgan fingerprint density at radius 3 is 2.35 bits per heavy atom. The van der Waals surface area contributed by atoms with E-state index in [4.69, 9.17) is 4.74 Å². The van der Waals surface area contributed by atoms with Crippen molar-refractivity contribution in [3.05, 3.63) is 48.5 Å². The molecule has 1 atom stereocenters. The van der Waals surface area contributed by atoms with Crippen molar-refractivity contribution in [2.75, 3.05) is 26.2 Å². The lowest BCUT2D eigenvalue weighted by molar-refractivity contribution is -0.139. The molecule has 1 aliphatic rings. The minimum Gasteiger partial charge on any atom is -0.508 e. The van der Waals surface area contributed by atoms with Crippen LogP contribution in [0.3, 0.4) is 0 Å². The van der Waals surface area contributed by atoms with Gasteiger partial charge in [0.25, 0.3) is 11.8 Å². The highest BCUT2D eigenvalue weighted by molar-refractivity contribution is 5.92. The number of ether oxygens (including phenoxy) is 1. The van der Waals surface area contributed by atoms with Crippen molar-refractivity contribution in [3.63, 3.8) is 0 Å². The maximum atomic E-state index is 12.5. The molecule has 2 heterocycles. The highest BCUT2D eigenvalue weighted by Gasteiger charge is 2.28. The first kappa shape index (κ1) is 17.7. The van der Waals surface area contributed by atoms with Gasteiger partial charge in [0.1, 0.15) is 17.2 Å². The molecular weight excluding hydrogens is 336 g/mol. The lowest BCUT2D eigenvalue weighted by Gasteiger charge is -2.35. The third-order valence-electron chi connectivity index (χ3n) is 4.16. The number of rotatable bonds is 4. The second-order valence-corrected chi connectivity index (χ2v) is 5.96. The maximum absolute atomic E-state index is 12.5. The number of hydrogen-bond donors (Lipinski definition) is 1. The average Bonchev–Trinajstić information content (AvgIpc) is 2.69. The van der Waals surface area contributed by atoms with Crippen LogP contribution in [-0.4, -0.2) is 69.0 Å². The summed E-state index contributed by atoms with van der Waals surface area (Å²) in [6.45, 7) is 3.44. The Balaban J connectivity index is 1.53. The largest absolute Gasteiger partial charge is 0.508 e. The van der Waals surface area contributed by atoms with Gasteiger partial charge in [-0.05, 0) is 31.2 Å². The van der Waals surface area contributed by atoms with E-state index in [0.29, 0.717) is 37.6 Å². The van der Waals surface area contributed by atoms with Gasteiger partial charge in [-0.15, -0.1) is 0 Å². The van der Waals surface area contributed by atoms with Gasteiger partial charge in [0.05, 0.1) is 6.20 Å². The average molecular weight is 356 g/mol. The normalized spacial score (nSPS) is 15.4. The summed E-state index contributed by atoms with van der Waals surface area (Å²) >= 11 is 0. The molecule has 2 amide bonds. The number of carbonyl (C=O) groups excluding carboxylic acids is 2. The molecule has 1 N–H and O–H groups in total. The summed E-state index contributed by atoms with van der Waals surface area (Å²) < 4.78 is 5.63. The highest BCUT2D eigenvalue weighted by atomic mass is 16.5. The van der Waals surface area contributed by atoms with Gasteiger partial charge in [0.2, 0.25) is 0 Å². The van der Waals surface area contributed by atoms with Gasteiger partial charge >= 0.3 is 0 Å². The highest BCUT2D eigenvalue weighted by Crippen LogP contribution is 2.18. The number of piperazine rings is 1. The van der Waals surface area contributed by atoms with Crippen LogP contribution in [0.15, 0.2) is 42.9 Å². The molecule has 1 aromatic carbocycles. The lowest BCUT2D eigenvalue weighted by Crippen LogP contribution is -2.53. The number of carbonyl (C=O) groups is 2. The molecule has 1 saturated heterocycles. The van der Waals surface area contributed by atoms with Crippen LogP contribution in [-0.2, 0) is 4.79 Å². The van der Waals surface area contributed by atoms with E-state index >= 15 is 0 Å². The van der Waals surface area contributed by atoms with Crippen LogP contribution in [0.25, 0.3) is 0 Å². The third kappa shape index (κ3) is 4.08. The first-order valence-electron chi connectivity index (χ1n) is 8.34. The topological polar surface area (TPSA) is 95.9 Å². The summed E-state index contributed by atoms with van der Waals surface area (Å²) in [5.74, 6) is 0.337. The zero-order valence-corrected chi connectivity index (χ0v) is 14.4. The predicted molar refractivity (Wildman–Crippen MR) is 92.7 cm³/mol. The quantitative estimate of drug-likeness (QED) is 0.876. The summed E-state index contributed by atoms with van der Waals surface area (Å²) in [5, 5.41) is 9.28. The van der Waals surface area contributed by atoms with Crippen LogP contribution in [0.5, 0.6) is 11.5 Å². The molecule has 3 rings (SSSR count). The first-order chi connectivity index (χ1) is 12.5. The molecule has 0 bridgehead atoms. The van der Waals surface area contributed by atoms with E-state index in [9.17, 15) is 14.7 Å². The molecule has 0 radical (unpaired) electrons. The zero-order chi connectivity index (χ0) is 18.5. The lowest BCUT2D eigenvalue weighted by atomic mass is 10.2. The number of phenols is 1. The molecule has 0 saturated carbocycles. The first-order valence-corrected chi connectivity index (χ1v) is 8.34. The van der Waals surface area contributed by atoms with Crippen molar-refractivity contribution in [2.24, 2.45) is 0 Å². The summed E-state index contributed by atoms with van der Waals surface area (Å²) in [6.07, 6.45) is 3.79. The van der Waals surface area contributed by atoms with Crippen molar-refractivity contribution in [2.45, 2.75) is 13.0 Å². The van der Waals surface area contributed by atoms with E-state index in [1.165, 1.54) is 30.7 Å². The Bertz CT molecular complexity index is 759. The van der Waals surface area contributed by atoms with Crippen LogP contribution >= 0.6 is 0 Å². The number of phenolic OH excluding ortho intramolecular Hbond substituents is 1. The van der Waals surface area contributed by atoms with Crippen molar-refractivity contribution in [1.29, 1.82) is 0 Å². The van der Waals surface area contributed by atoms with Crippen molar-refractivity contribution < 1.29 is 19.4 Å². The third-order valence-corrected chi connectivity index (χ3v) is 4.16. The van der Waals surface area contributed by atoms with E-state index in [-0.39, 0.29) is 17.6 Å². The number of nitrogens with zero attached hydrogens (tertiary/aromatic N) is 4. The predicted octanol–water partition coefficient (Wildman–Crippen LogP) is 0.934. The van der Waals surface area contributed by atoms with Crippen LogP contribution in [0.4, 0.5) is 0 Å². The molecule has 0 spiro atoms. The standard InChI is InChI=1S/C18H20N4O4/c1-13(26-15-4-2-14(23)3-5-15)17(24)21-8-10-22(11-9-21)18(25)16-12-19-6-7-20-16/h2-7,12-13,23H,8-11H2,1H3. The van der Waals surface area contributed by atoms with Crippen LogP contribution in [0.2, 0.25) is 0 Å². The monoisotopic (exact) mass is 356 g/mol. The summed E-state index contributed by atoms with van der Waals surface area (Å²) in [7, 11) is 0. The Morgan fingerprint density at radius 1 is 1.08 bits per heavy atom. The fourth-order valence-corrected chi connectivity index (χ4v) is 2.74. The van der Waals surface area contributed by atoms with E-state index < -0.39 is 6.10 Å². The van der Waals surface area contributed by atoms with Crippen molar-refractivity contribution in [3.8, 4) is 11.5 Å². The van der Waals surface area contributed by atoms with Crippen molar-refractivity contribution >= 4 is 11.8 Å². The van der Waals surface area contributed by atoms with Gasteiger partial charge in [0.15, 0.2) is 6.10 Å². The zero-order valence-electron chi connectivity index (χ0n) is 14.4. The molecule has 2 aromatic rings. The summed E-state index contributed by atoms with van der Waals surface area (Å²) in [4.78, 5) is 36.2. The van der Waals surface area contributed by atoms with Crippen LogP contribution in [0.1, 0.15) is 17.4 Å².